The highest BCUT2D eigenvalue weighted by molar-refractivity contribution is 5.97. The van der Waals surface area contributed by atoms with Crippen LogP contribution in [0.1, 0.15) is 25.7 Å². The Morgan fingerprint density at radius 2 is 1.58 bits per heavy atom. The summed E-state index contributed by atoms with van der Waals surface area (Å²) in [5.74, 6) is -0.237. The van der Waals surface area contributed by atoms with E-state index in [0.717, 1.165) is 39.1 Å². The molecule has 0 atom stereocenters. The molecule has 2 amide bonds. The minimum Gasteiger partial charge on any atom is -0.367 e. The van der Waals surface area contributed by atoms with Gasteiger partial charge in [-0.25, -0.2) is 4.39 Å². The van der Waals surface area contributed by atoms with Crippen molar-refractivity contribution in [3.05, 3.63) is 30.1 Å². The number of halogens is 1. The van der Waals surface area contributed by atoms with E-state index in [1.165, 1.54) is 11.0 Å². The molecule has 0 saturated carbocycles. The van der Waals surface area contributed by atoms with E-state index in [1.807, 2.05) is 12.1 Å². The zero-order chi connectivity index (χ0) is 16.9. The molecule has 0 unspecified atom stereocenters. The Bertz CT molecular complexity index is 584. The summed E-state index contributed by atoms with van der Waals surface area (Å²) in [6, 6.07) is 6.88. The van der Waals surface area contributed by atoms with E-state index in [-0.39, 0.29) is 17.6 Å². The Balaban J connectivity index is 1.42. The molecule has 2 fully saturated rings. The summed E-state index contributed by atoms with van der Waals surface area (Å²) in [6.07, 6.45) is 2.48. The van der Waals surface area contributed by atoms with Gasteiger partial charge < -0.3 is 4.90 Å². The third-order valence-corrected chi connectivity index (χ3v) is 4.80. The predicted molar refractivity (Wildman–Crippen MR) is 90.2 cm³/mol. The predicted octanol–water partition coefficient (Wildman–Crippen LogP) is 1.88. The van der Waals surface area contributed by atoms with E-state index in [0.29, 0.717) is 31.5 Å². The van der Waals surface area contributed by atoms with Crippen LogP contribution in [0.4, 0.5) is 10.1 Å². The lowest BCUT2D eigenvalue weighted by molar-refractivity contribution is -0.148. The Morgan fingerprint density at radius 3 is 2.25 bits per heavy atom. The molecule has 3 rings (SSSR count). The second kappa shape index (κ2) is 7.75. The molecular weight excluding hydrogens is 309 g/mol. The zero-order valence-corrected chi connectivity index (χ0v) is 13.9. The smallest absolute Gasteiger partial charge is 0.229 e. The first-order chi connectivity index (χ1) is 11.6. The average Bonchev–Trinajstić information content (AvgIpc) is 2.59. The van der Waals surface area contributed by atoms with Crippen LogP contribution < -0.4 is 4.90 Å². The highest BCUT2D eigenvalue weighted by Gasteiger charge is 2.25. The molecule has 0 spiro atoms. The number of amides is 2. The first kappa shape index (κ1) is 16.9. The molecule has 2 aliphatic rings. The fraction of sp³-hybridized carbons (Fsp3) is 0.556. The van der Waals surface area contributed by atoms with Gasteiger partial charge in [0.05, 0.1) is 5.69 Å². The molecular formula is C18H24FN3O2. The highest BCUT2D eigenvalue weighted by atomic mass is 19.1. The van der Waals surface area contributed by atoms with Gasteiger partial charge in [0.2, 0.25) is 11.8 Å². The monoisotopic (exact) mass is 333 g/mol. The van der Waals surface area contributed by atoms with Crippen molar-refractivity contribution in [2.45, 2.75) is 25.7 Å². The van der Waals surface area contributed by atoms with Crippen molar-refractivity contribution in [2.24, 2.45) is 0 Å². The van der Waals surface area contributed by atoms with Crippen LogP contribution in [0.2, 0.25) is 0 Å². The largest absolute Gasteiger partial charge is 0.367 e. The summed E-state index contributed by atoms with van der Waals surface area (Å²) in [5, 5.41) is 0. The van der Waals surface area contributed by atoms with Crippen molar-refractivity contribution >= 4 is 17.5 Å². The third-order valence-electron chi connectivity index (χ3n) is 4.80. The lowest BCUT2D eigenvalue weighted by Crippen LogP contribution is -2.48. The van der Waals surface area contributed by atoms with Crippen LogP contribution >= 0.6 is 0 Å². The summed E-state index contributed by atoms with van der Waals surface area (Å²) in [5.41, 5.74) is 0.668. The minimum absolute atomic E-state index is 0.0318. The quantitative estimate of drug-likeness (QED) is 0.772. The molecule has 2 aliphatic heterocycles. The maximum Gasteiger partial charge on any atom is 0.229 e. The second-order valence-corrected chi connectivity index (χ2v) is 6.43. The summed E-state index contributed by atoms with van der Waals surface area (Å²) in [4.78, 5) is 29.3. The molecule has 0 N–H and O–H groups in total. The van der Waals surface area contributed by atoms with E-state index >= 15 is 0 Å². The topological polar surface area (TPSA) is 43.9 Å². The van der Waals surface area contributed by atoms with Gasteiger partial charge in [0.15, 0.2) is 0 Å². The number of anilines is 1. The van der Waals surface area contributed by atoms with Crippen molar-refractivity contribution in [3.63, 3.8) is 0 Å². The van der Waals surface area contributed by atoms with E-state index in [4.69, 9.17) is 0 Å². The van der Waals surface area contributed by atoms with Crippen LogP contribution in [0.25, 0.3) is 0 Å². The van der Waals surface area contributed by atoms with Crippen LogP contribution in [-0.4, -0.2) is 60.9 Å². The summed E-state index contributed by atoms with van der Waals surface area (Å²) < 4.78 is 13.8. The normalized spacial score (nSPS) is 19.9. The molecule has 2 heterocycles. The molecule has 0 aliphatic carbocycles. The van der Waals surface area contributed by atoms with Crippen LogP contribution in [0, 0.1) is 5.82 Å². The number of nitrogens with zero attached hydrogens (tertiary/aromatic N) is 3. The summed E-state index contributed by atoms with van der Waals surface area (Å²) >= 11 is 0. The number of piperidine rings is 1. The van der Waals surface area contributed by atoms with Gasteiger partial charge in [-0.1, -0.05) is 12.1 Å². The van der Waals surface area contributed by atoms with Gasteiger partial charge in [0, 0.05) is 45.6 Å². The van der Waals surface area contributed by atoms with Crippen molar-refractivity contribution < 1.29 is 14.0 Å². The lowest BCUT2D eigenvalue weighted by atomic mass is 10.1. The van der Waals surface area contributed by atoms with Gasteiger partial charge >= 0.3 is 0 Å². The molecule has 24 heavy (non-hydrogen) atoms. The molecule has 130 valence electrons. The number of para-hydroxylation sites is 1. The lowest BCUT2D eigenvalue weighted by Gasteiger charge is -2.36. The number of piperazine rings is 1. The molecule has 1 aromatic rings. The van der Waals surface area contributed by atoms with Crippen molar-refractivity contribution in [1.29, 1.82) is 0 Å². The van der Waals surface area contributed by atoms with Crippen LogP contribution in [0.5, 0.6) is 0 Å². The molecule has 0 aromatic heterocycles. The van der Waals surface area contributed by atoms with E-state index in [2.05, 4.69) is 9.80 Å². The Labute approximate surface area is 142 Å². The maximum absolute atomic E-state index is 13.8. The Kier molecular flexibility index (Phi) is 5.45. The zero-order valence-electron chi connectivity index (χ0n) is 13.9. The first-order valence-corrected chi connectivity index (χ1v) is 8.70. The molecule has 6 heteroatoms. The minimum atomic E-state index is -0.173. The van der Waals surface area contributed by atoms with Gasteiger partial charge in [-0.05, 0) is 31.5 Å². The van der Waals surface area contributed by atoms with Gasteiger partial charge in [-0.3, -0.25) is 19.4 Å². The van der Waals surface area contributed by atoms with E-state index in [9.17, 15) is 14.0 Å². The number of benzene rings is 1. The first-order valence-electron chi connectivity index (χ1n) is 8.70. The van der Waals surface area contributed by atoms with Gasteiger partial charge in [-0.2, -0.15) is 0 Å². The summed E-state index contributed by atoms with van der Waals surface area (Å²) in [6.45, 7) is 4.71. The van der Waals surface area contributed by atoms with Gasteiger partial charge in [0.1, 0.15) is 5.82 Å². The Hall–Kier alpha value is -1.95. The highest BCUT2D eigenvalue weighted by Crippen LogP contribution is 2.20. The van der Waals surface area contributed by atoms with Crippen LogP contribution in [0.3, 0.4) is 0 Å². The number of carbonyl (C=O) groups excluding carboxylic acids is 2. The number of hydrogen-bond acceptors (Lipinski definition) is 4. The molecule has 0 radical (unpaired) electrons. The average molecular weight is 333 g/mol. The number of rotatable bonds is 5. The standard InChI is InChI=1S/C18H24FN3O2/c19-15-5-1-2-6-16(15)21-13-11-20(12-14-21)9-4-10-22-17(23)7-3-8-18(22)24/h1-2,5-6H,3-4,7-14H2. The fourth-order valence-electron chi connectivity index (χ4n) is 3.42. The van der Waals surface area contributed by atoms with Crippen LogP contribution in [-0.2, 0) is 9.59 Å². The maximum atomic E-state index is 13.8. The van der Waals surface area contributed by atoms with Crippen molar-refractivity contribution in [1.82, 2.24) is 9.80 Å². The molecule has 2 saturated heterocycles. The van der Waals surface area contributed by atoms with E-state index < -0.39 is 0 Å². The van der Waals surface area contributed by atoms with E-state index in [1.54, 1.807) is 6.07 Å². The second-order valence-electron chi connectivity index (χ2n) is 6.43. The number of carbonyl (C=O) groups is 2. The molecule has 1 aromatic carbocycles. The molecule has 5 nitrogen and oxygen atoms in total. The van der Waals surface area contributed by atoms with Crippen molar-refractivity contribution in [3.8, 4) is 0 Å². The number of hydrogen-bond donors (Lipinski definition) is 0. The third kappa shape index (κ3) is 3.93. The van der Waals surface area contributed by atoms with Gasteiger partial charge in [-0.15, -0.1) is 0 Å². The molecule has 0 bridgehead atoms. The van der Waals surface area contributed by atoms with Crippen molar-refractivity contribution in [2.75, 3.05) is 44.2 Å². The number of imide groups is 1. The SMILES string of the molecule is O=C1CCCC(=O)N1CCCN1CCN(c2ccccc2F)CC1. The summed E-state index contributed by atoms with van der Waals surface area (Å²) in [7, 11) is 0. The van der Waals surface area contributed by atoms with Crippen LogP contribution in [0.15, 0.2) is 24.3 Å². The fourth-order valence-corrected chi connectivity index (χ4v) is 3.42. The Morgan fingerprint density at radius 1 is 0.917 bits per heavy atom. The van der Waals surface area contributed by atoms with Gasteiger partial charge in [0.25, 0.3) is 0 Å². The number of likely N-dealkylation sites (tertiary alicyclic amines) is 1.